The minimum atomic E-state index is 0.319. The molecule has 84 valence electrons. The minimum absolute atomic E-state index is 0.319. The van der Waals surface area contributed by atoms with Crippen LogP contribution in [0.2, 0.25) is 0 Å². The Balaban J connectivity index is -0.000000147. The quantitative estimate of drug-likeness (QED) is 0.686. The van der Waals surface area contributed by atoms with Gasteiger partial charge in [-0.3, -0.25) is 0 Å². The van der Waals surface area contributed by atoms with Gasteiger partial charge in [0, 0.05) is 6.61 Å². The smallest absolute Gasteiger partial charge is 0.0428 e. The highest BCUT2D eigenvalue weighted by molar-refractivity contribution is 5.17. The molecule has 0 aliphatic heterocycles. The molecule has 0 aromatic rings. The first kappa shape index (κ1) is 18.8. The Morgan fingerprint density at radius 1 is 1.36 bits per heavy atom. The summed E-state index contributed by atoms with van der Waals surface area (Å²) in [5.41, 5.74) is 6.00. The third-order valence-electron chi connectivity index (χ3n) is 0.926. The van der Waals surface area contributed by atoms with Crippen LogP contribution in [0.25, 0.3) is 0 Å². The summed E-state index contributed by atoms with van der Waals surface area (Å²) in [6.45, 7) is 14.0. The van der Waals surface area contributed by atoms with Crippen molar-refractivity contribution in [2.24, 2.45) is 5.73 Å². The van der Waals surface area contributed by atoms with Crippen molar-refractivity contribution >= 4 is 0 Å². The molecule has 0 heterocycles. The van der Waals surface area contributed by atoms with E-state index in [2.05, 4.69) is 13.2 Å². The maximum absolute atomic E-state index is 7.88. The predicted molar refractivity (Wildman–Crippen MR) is 66.3 cm³/mol. The Bertz CT molecular complexity index is 137. The SMILES string of the molecule is C=C/C=C(/C)C=C.CCCO.CCN. The molecule has 0 aromatic carbocycles. The average Bonchev–Trinajstić information content (AvgIpc) is 2.20. The predicted octanol–water partition coefficient (Wildman–Crippen LogP) is 2.66. The van der Waals surface area contributed by atoms with Crippen molar-refractivity contribution in [1.29, 1.82) is 0 Å². The monoisotopic (exact) mass is 199 g/mol. The number of allylic oxidation sites excluding steroid dienone is 4. The van der Waals surface area contributed by atoms with Gasteiger partial charge in [-0.05, 0) is 19.9 Å². The Labute approximate surface area is 88.8 Å². The molecule has 0 unspecified atom stereocenters. The van der Waals surface area contributed by atoms with Gasteiger partial charge in [0.15, 0.2) is 0 Å². The van der Waals surface area contributed by atoms with E-state index in [0.29, 0.717) is 6.61 Å². The fourth-order valence-corrected chi connectivity index (χ4v) is 0.254. The molecule has 3 N–H and O–H groups in total. The molecule has 0 radical (unpaired) electrons. The summed E-state index contributed by atoms with van der Waals surface area (Å²) in [5.74, 6) is 0. The number of rotatable bonds is 3. The van der Waals surface area contributed by atoms with E-state index in [1.165, 1.54) is 0 Å². The molecule has 0 spiro atoms. The van der Waals surface area contributed by atoms with Gasteiger partial charge in [0.25, 0.3) is 0 Å². The maximum atomic E-state index is 7.88. The first-order chi connectivity index (χ1) is 6.64. The standard InChI is InChI=1S/C7H10.C3H8O.C2H7N/c1-4-6-7(3)5-2;1-2-3-4;1-2-3/h4-6H,1-2H2,3H3;4H,2-3H2,1H3;2-3H2,1H3/b7-6-;;. The van der Waals surface area contributed by atoms with E-state index in [9.17, 15) is 0 Å². The highest BCUT2D eigenvalue weighted by Crippen LogP contribution is 1.90. The molecule has 0 amide bonds. The van der Waals surface area contributed by atoms with Gasteiger partial charge >= 0.3 is 0 Å². The van der Waals surface area contributed by atoms with Crippen molar-refractivity contribution in [3.05, 3.63) is 37.0 Å². The summed E-state index contributed by atoms with van der Waals surface area (Å²) in [7, 11) is 0. The molecule has 0 bridgehead atoms. The van der Waals surface area contributed by atoms with Crippen molar-refractivity contribution in [3.63, 3.8) is 0 Å². The maximum Gasteiger partial charge on any atom is 0.0428 e. The number of hydrogen-bond acceptors (Lipinski definition) is 2. The zero-order valence-electron chi connectivity index (χ0n) is 9.79. The molecule has 0 fully saturated rings. The number of nitrogens with two attached hydrogens (primary N) is 1. The largest absolute Gasteiger partial charge is 0.396 e. The normalized spacial score (nSPS) is 8.79. The second kappa shape index (κ2) is 22.7. The first-order valence-corrected chi connectivity index (χ1v) is 4.87. The van der Waals surface area contributed by atoms with Gasteiger partial charge in [0.2, 0.25) is 0 Å². The molecule has 0 aliphatic carbocycles. The van der Waals surface area contributed by atoms with E-state index in [1.807, 2.05) is 26.8 Å². The van der Waals surface area contributed by atoms with Crippen LogP contribution in [-0.2, 0) is 0 Å². The van der Waals surface area contributed by atoms with Gasteiger partial charge in [0.1, 0.15) is 0 Å². The average molecular weight is 199 g/mol. The van der Waals surface area contributed by atoms with Crippen LogP contribution in [0.3, 0.4) is 0 Å². The third kappa shape index (κ3) is 43.4. The van der Waals surface area contributed by atoms with Crippen LogP contribution in [0.1, 0.15) is 27.2 Å². The fraction of sp³-hybridized carbons (Fsp3) is 0.500. The van der Waals surface area contributed by atoms with Crippen LogP contribution in [0, 0.1) is 0 Å². The zero-order chi connectivity index (χ0) is 11.8. The summed E-state index contributed by atoms with van der Waals surface area (Å²) in [6, 6.07) is 0. The van der Waals surface area contributed by atoms with Crippen LogP contribution < -0.4 is 5.73 Å². The molecule has 0 saturated carbocycles. The molecule has 0 saturated heterocycles. The molecular formula is C12H25NO. The molecule has 0 aliphatic rings. The van der Waals surface area contributed by atoms with Gasteiger partial charge in [-0.25, -0.2) is 0 Å². The Morgan fingerprint density at radius 2 is 1.71 bits per heavy atom. The molecule has 0 atom stereocenters. The summed E-state index contributed by atoms with van der Waals surface area (Å²) in [4.78, 5) is 0. The van der Waals surface area contributed by atoms with Crippen molar-refractivity contribution in [2.45, 2.75) is 27.2 Å². The van der Waals surface area contributed by atoms with Crippen LogP contribution in [0.15, 0.2) is 37.0 Å². The van der Waals surface area contributed by atoms with Crippen LogP contribution in [0.4, 0.5) is 0 Å². The lowest BCUT2D eigenvalue weighted by atomic mass is 10.3. The van der Waals surface area contributed by atoms with Crippen LogP contribution in [0.5, 0.6) is 0 Å². The van der Waals surface area contributed by atoms with Gasteiger partial charge < -0.3 is 10.8 Å². The number of aliphatic hydroxyl groups excluding tert-OH is 1. The third-order valence-corrected chi connectivity index (χ3v) is 0.926. The topological polar surface area (TPSA) is 46.2 Å². The first-order valence-electron chi connectivity index (χ1n) is 4.87. The summed E-state index contributed by atoms with van der Waals surface area (Å²) in [6.07, 6.45) is 6.33. The number of aliphatic hydroxyl groups is 1. The van der Waals surface area contributed by atoms with E-state index in [4.69, 9.17) is 10.8 Å². The summed E-state index contributed by atoms with van der Waals surface area (Å²) in [5, 5.41) is 7.88. The van der Waals surface area contributed by atoms with E-state index < -0.39 is 0 Å². The Hall–Kier alpha value is -0.860. The van der Waals surface area contributed by atoms with E-state index >= 15 is 0 Å². The highest BCUT2D eigenvalue weighted by Gasteiger charge is 1.68. The fourth-order valence-electron chi connectivity index (χ4n) is 0.254. The second-order valence-electron chi connectivity index (χ2n) is 2.48. The van der Waals surface area contributed by atoms with Crippen molar-refractivity contribution in [1.82, 2.24) is 0 Å². The van der Waals surface area contributed by atoms with Crippen LogP contribution in [-0.4, -0.2) is 18.3 Å². The summed E-state index contributed by atoms with van der Waals surface area (Å²) < 4.78 is 0. The van der Waals surface area contributed by atoms with Gasteiger partial charge in [0.05, 0.1) is 0 Å². The molecule has 0 aromatic heterocycles. The van der Waals surface area contributed by atoms with Gasteiger partial charge in [-0.2, -0.15) is 0 Å². The second-order valence-corrected chi connectivity index (χ2v) is 2.48. The van der Waals surface area contributed by atoms with Crippen molar-refractivity contribution in [2.75, 3.05) is 13.2 Å². The van der Waals surface area contributed by atoms with Gasteiger partial charge in [-0.15, -0.1) is 0 Å². The lowest BCUT2D eigenvalue weighted by molar-refractivity contribution is 0.295. The molecule has 0 rings (SSSR count). The van der Waals surface area contributed by atoms with E-state index in [0.717, 1.165) is 18.5 Å². The molecule has 14 heavy (non-hydrogen) atoms. The highest BCUT2D eigenvalue weighted by atomic mass is 16.2. The van der Waals surface area contributed by atoms with E-state index in [-0.39, 0.29) is 0 Å². The molecular weight excluding hydrogens is 174 g/mol. The zero-order valence-corrected chi connectivity index (χ0v) is 9.79. The molecule has 2 heteroatoms. The van der Waals surface area contributed by atoms with E-state index in [1.54, 1.807) is 12.2 Å². The Kier molecular flexibility index (Phi) is 30.6. The summed E-state index contributed by atoms with van der Waals surface area (Å²) >= 11 is 0. The van der Waals surface area contributed by atoms with Crippen molar-refractivity contribution < 1.29 is 5.11 Å². The lowest BCUT2D eigenvalue weighted by Gasteiger charge is -1.80. The van der Waals surface area contributed by atoms with Crippen molar-refractivity contribution in [3.8, 4) is 0 Å². The number of hydrogen-bond donors (Lipinski definition) is 2. The van der Waals surface area contributed by atoms with Crippen LogP contribution >= 0.6 is 0 Å². The Morgan fingerprint density at radius 3 is 1.79 bits per heavy atom. The van der Waals surface area contributed by atoms with Gasteiger partial charge in [-0.1, -0.05) is 50.8 Å². The minimum Gasteiger partial charge on any atom is -0.396 e. The lowest BCUT2D eigenvalue weighted by Crippen LogP contribution is -1.87. The molecule has 2 nitrogen and oxygen atoms in total.